The van der Waals surface area contributed by atoms with Gasteiger partial charge in [-0.15, -0.1) is 0 Å². The van der Waals surface area contributed by atoms with E-state index in [1.165, 1.54) is 5.56 Å². The van der Waals surface area contributed by atoms with Crippen LogP contribution in [0.1, 0.15) is 19.4 Å². The third kappa shape index (κ3) is 5.18. The summed E-state index contributed by atoms with van der Waals surface area (Å²) in [4.78, 5) is 4.87. The van der Waals surface area contributed by atoms with Crippen molar-refractivity contribution in [2.45, 2.75) is 32.5 Å². The molecule has 0 aliphatic carbocycles. The number of nitrogens with zero attached hydrogens (tertiary/aromatic N) is 2. The lowest BCUT2D eigenvalue weighted by Crippen LogP contribution is -2.47. The van der Waals surface area contributed by atoms with Crippen LogP contribution in [0.4, 0.5) is 0 Å². The van der Waals surface area contributed by atoms with Gasteiger partial charge in [0.1, 0.15) is 18.5 Å². The molecule has 1 atom stereocenters. The van der Waals surface area contributed by atoms with Gasteiger partial charge < -0.3 is 14.2 Å². The lowest BCUT2D eigenvalue weighted by Gasteiger charge is -2.35. The molecule has 2 aliphatic rings. The molecule has 2 aliphatic heterocycles. The summed E-state index contributed by atoms with van der Waals surface area (Å²) in [5.74, 6) is 0.922. The van der Waals surface area contributed by atoms with E-state index in [0.29, 0.717) is 12.6 Å². The molecule has 24 heavy (non-hydrogen) atoms. The average Bonchev–Trinajstić information content (AvgIpc) is 2.62. The van der Waals surface area contributed by atoms with Gasteiger partial charge in [-0.1, -0.05) is 12.1 Å². The molecule has 5 heteroatoms. The predicted octanol–water partition coefficient (Wildman–Crippen LogP) is 2.01. The molecule has 0 spiro atoms. The lowest BCUT2D eigenvalue weighted by atomic mass is 10.2. The third-order valence-corrected chi connectivity index (χ3v) is 4.77. The smallest absolute Gasteiger partial charge is 0.119 e. The summed E-state index contributed by atoms with van der Waals surface area (Å²) in [7, 11) is 0. The summed E-state index contributed by atoms with van der Waals surface area (Å²) in [6.07, 6.45) is 0.161. The zero-order valence-electron chi connectivity index (χ0n) is 14.9. The minimum Gasteiger partial charge on any atom is -0.491 e. The van der Waals surface area contributed by atoms with Gasteiger partial charge in [-0.2, -0.15) is 0 Å². The second kappa shape index (κ2) is 8.81. The number of hydrogen-bond donors (Lipinski definition) is 0. The van der Waals surface area contributed by atoms with Crippen molar-refractivity contribution in [3.63, 3.8) is 0 Å². The summed E-state index contributed by atoms with van der Waals surface area (Å²) in [5, 5.41) is 0. The molecule has 3 rings (SSSR count). The van der Waals surface area contributed by atoms with E-state index in [4.69, 9.17) is 14.2 Å². The van der Waals surface area contributed by atoms with E-state index in [0.717, 1.165) is 58.3 Å². The lowest BCUT2D eigenvalue weighted by molar-refractivity contribution is -0.0564. The molecule has 0 radical (unpaired) electrons. The maximum atomic E-state index is 5.93. The monoisotopic (exact) mass is 334 g/mol. The Morgan fingerprint density at radius 1 is 1.08 bits per heavy atom. The fourth-order valence-electron chi connectivity index (χ4n) is 3.21. The summed E-state index contributed by atoms with van der Waals surface area (Å²) in [6.45, 7) is 12.6. The van der Waals surface area contributed by atoms with Crippen molar-refractivity contribution >= 4 is 0 Å². The van der Waals surface area contributed by atoms with Crippen molar-refractivity contribution in [2.75, 3.05) is 52.6 Å². The van der Waals surface area contributed by atoms with Gasteiger partial charge >= 0.3 is 0 Å². The van der Waals surface area contributed by atoms with Crippen LogP contribution in [0.25, 0.3) is 0 Å². The third-order valence-electron chi connectivity index (χ3n) is 4.77. The Balaban J connectivity index is 1.44. The van der Waals surface area contributed by atoms with Crippen LogP contribution in [-0.4, -0.2) is 74.6 Å². The van der Waals surface area contributed by atoms with E-state index in [-0.39, 0.29) is 6.10 Å². The van der Waals surface area contributed by atoms with Crippen molar-refractivity contribution in [1.82, 2.24) is 9.80 Å². The molecule has 2 fully saturated rings. The molecule has 1 aromatic carbocycles. The number of morpholine rings is 2. The molecule has 1 aromatic rings. The number of benzene rings is 1. The minimum atomic E-state index is 0.161. The largest absolute Gasteiger partial charge is 0.491 e. The van der Waals surface area contributed by atoms with E-state index >= 15 is 0 Å². The van der Waals surface area contributed by atoms with Crippen molar-refractivity contribution < 1.29 is 14.2 Å². The van der Waals surface area contributed by atoms with Crippen LogP contribution in [0.3, 0.4) is 0 Å². The standard InChI is InChI=1S/C19H30N2O3/c1-16(2)21-9-12-23-19(14-21)15-24-18-5-3-17(4-6-18)13-20-7-10-22-11-8-20/h3-6,16,19H,7-15H2,1-2H3. The van der Waals surface area contributed by atoms with Crippen LogP contribution < -0.4 is 4.74 Å². The molecule has 134 valence electrons. The molecule has 0 bridgehead atoms. The molecule has 1 unspecified atom stereocenters. The van der Waals surface area contributed by atoms with E-state index in [2.05, 4.69) is 47.9 Å². The van der Waals surface area contributed by atoms with Crippen LogP contribution in [0.2, 0.25) is 0 Å². The molecular weight excluding hydrogens is 304 g/mol. The number of hydrogen-bond acceptors (Lipinski definition) is 5. The maximum Gasteiger partial charge on any atom is 0.119 e. The quantitative estimate of drug-likeness (QED) is 0.795. The second-order valence-electron chi connectivity index (χ2n) is 6.92. The Hall–Kier alpha value is -1.14. The topological polar surface area (TPSA) is 34.2 Å². The first-order valence-corrected chi connectivity index (χ1v) is 9.08. The maximum absolute atomic E-state index is 5.93. The van der Waals surface area contributed by atoms with Gasteiger partial charge in [0.2, 0.25) is 0 Å². The van der Waals surface area contributed by atoms with Crippen LogP contribution in [0.15, 0.2) is 24.3 Å². The fraction of sp³-hybridized carbons (Fsp3) is 0.684. The Bertz CT molecular complexity index is 486. The summed E-state index contributed by atoms with van der Waals surface area (Å²) in [6, 6.07) is 9.02. The van der Waals surface area contributed by atoms with Gasteiger partial charge in [-0.3, -0.25) is 9.80 Å². The van der Waals surface area contributed by atoms with Gasteiger partial charge in [-0.25, -0.2) is 0 Å². The van der Waals surface area contributed by atoms with E-state index in [1.54, 1.807) is 0 Å². The zero-order valence-corrected chi connectivity index (χ0v) is 14.9. The fourth-order valence-corrected chi connectivity index (χ4v) is 3.21. The summed E-state index contributed by atoms with van der Waals surface area (Å²) >= 11 is 0. The SMILES string of the molecule is CC(C)N1CCOC(COc2ccc(CN3CCOCC3)cc2)C1. The van der Waals surface area contributed by atoms with Gasteiger partial charge in [0, 0.05) is 38.8 Å². The van der Waals surface area contributed by atoms with Gasteiger partial charge in [0.15, 0.2) is 0 Å². The normalized spacial score (nSPS) is 23.5. The van der Waals surface area contributed by atoms with Crippen LogP contribution in [-0.2, 0) is 16.0 Å². The van der Waals surface area contributed by atoms with Crippen molar-refractivity contribution in [3.05, 3.63) is 29.8 Å². The Morgan fingerprint density at radius 3 is 2.54 bits per heavy atom. The van der Waals surface area contributed by atoms with Crippen LogP contribution in [0, 0.1) is 0 Å². The molecule has 2 saturated heterocycles. The zero-order chi connectivity index (χ0) is 16.8. The highest BCUT2D eigenvalue weighted by Crippen LogP contribution is 2.16. The Kier molecular flexibility index (Phi) is 6.49. The Labute approximate surface area is 145 Å². The molecule has 2 heterocycles. The van der Waals surface area contributed by atoms with Crippen molar-refractivity contribution in [3.8, 4) is 5.75 Å². The second-order valence-corrected chi connectivity index (χ2v) is 6.92. The van der Waals surface area contributed by atoms with E-state index in [1.807, 2.05) is 0 Å². The summed E-state index contributed by atoms with van der Waals surface area (Å²) < 4.78 is 17.1. The highest BCUT2D eigenvalue weighted by Gasteiger charge is 2.22. The van der Waals surface area contributed by atoms with E-state index in [9.17, 15) is 0 Å². The Morgan fingerprint density at radius 2 is 1.83 bits per heavy atom. The first-order chi connectivity index (χ1) is 11.7. The van der Waals surface area contributed by atoms with E-state index < -0.39 is 0 Å². The van der Waals surface area contributed by atoms with Crippen molar-refractivity contribution in [2.24, 2.45) is 0 Å². The molecule has 0 N–H and O–H groups in total. The minimum absolute atomic E-state index is 0.161. The number of ether oxygens (including phenoxy) is 3. The molecule has 5 nitrogen and oxygen atoms in total. The van der Waals surface area contributed by atoms with Crippen LogP contribution in [0.5, 0.6) is 5.75 Å². The molecule has 0 aromatic heterocycles. The molecule has 0 amide bonds. The predicted molar refractivity (Wildman–Crippen MR) is 94.5 cm³/mol. The summed E-state index contributed by atoms with van der Waals surface area (Å²) in [5.41, 5.74) is 1.32. The average molecular weight is 334 g/mol. The van der Waals surface area contributed by atoms with Gasteiger partial charge in [-0.05, 0) is 31.5 Å². The highest BCUT2D eigenvalue weighted by atomic mass is 16.5. The number of rotatable bonds is 6. The first-order valence-electron chi connectivity index (χ1n) is 9.08. The van der Waals surface area contributed by atoms with Crippen molar-refractivity contribution in [1.29, 1.82) is 0 Å². The van der Waals surface area contributed by atoms with Crippen LogP contribution >= 0.6 is 0 Å². The van der Waals surface area contributed by atoms with Gasteiger partial charge in [0.05, 0.1) is 19.8 Å². The first kappa shape index (κ1) is 17.7. The molecular formula is C19H30N2O3. The van der Waals surface area contributed by atoms with Gasteiger partial charge in [0.25, 0.3) is 0 Å². The molecule has 0 saturated carbocycles. The highest BCUT2D eigenvalue weighted by molar-refractivity contribution is 5.27.